The van der Waals surface area contributed by atoms with Crippen molar-refractivity contribution in [1.82, 2.24) is 4.98 Å². The fourth-order valence-corrected chi connectivity index (χ4v) is 2.58. The van der Waals surface area contributed by atoms with E-state index in [9.17, 15) is 4.79 Å². The molecule has 0 amide bonds. The van der Waals surface area contributed by atoms with Gasteiger partial charge < -0.3 is 4.74 Å². The molecule has 0 bridgehead atoms. The highest BCUT2D eigenvalue weighted by Crippen LogP contribution is 2.25. The van der Waals surface area contributed by atoms with Gasteiger partial charge in [-0.2, -0.15) is 0 Å². The molecule has 2 aromatic rings. The monoisotopic (exact) mass is 344 g/mol. The highest BCUT2D eigenvalue weighted by Gasteiger charge is 2.12. The fraction of sp³-hybridized carbons (Fsp3) is 0.118. The number of benzene rings is 1. The molecule has 1 heterocycles. The van der Waals surface area contributed by atoms with Gasteiger partial charge in [0, 0.05) is 17.8 Å². The number of nitrogens with zero attached hydrogens (tertiary/aromatic N) is 2. The van der Waals surface area contributed by atoms with Crippen molar-refractivity contribution in [3.8, 4) is 0 Å². The van der Waals surface area contributed by atoms with Crippen LogP contribution in [0.5, 0.6) is 0 Å². The van der Waals surface area contributed by atoms with Crippen molar-refractivity contribution in [2.45, 2.75) is 0 Å². The van der Waals surface area contributed by atoms with E-state index in [4.69, 9.17) is 4.74 Å². The molecule has 0 aliphatic carbocycles. The second-order valence-electron chi connectivity index (χ2n) is 4.35. The maximum atomic E-state index is 11.9. The van der Waals surface area contributed by atoms with Crippen LogP contribution >= 0.6 is 24.4 Å². The Balaban J connectivity index is 2.47. The lowest BCUT2D eigenvalue weighted by Crippen LogP contribution is -2.04. The number of aromatic nitrogens is 1. The van der Waals surface area contributed by atoms with E-state index in [1.807, 2.05) is 48.7 Å². The number of rotatable bonds is 5. The zero-order chi connectivity index (χ0) is 16.5. The van der Waals surface area contributed by atoms with Gasteiger partial charge in [0.1, 0.15) is 11.0 Å². The van der Waals surface area contributed by atoms with E-state index in [0.29, 0.717) is 10.6 Å². The number of hydrogen-bond donors (Lipinski definition) is 1. The van der Waals surface area contributed by atoms with Crippen LogP contribution in [0.1, 0.15) is 5.56 Å². The first-order valence-corrected chi connectivity index (χ1v) is 8.68. The minimum Gasteiger partial charge on any atom is -0.452 e. The number of thiol groups is 1. The standard InChI is InChI=1S/C17H16N2O2S2/c1-23-17(19-14-8-5-9-18-11-14)15(10-16(20)21-12-22)13-6-3-2-4-7-13/h2-11,22H,12H2,1H3. The molecule has 23 heavy (non-hydrogen) atoms. The lowest BCUT2D eigenvalue weighted by molar-refractivity contribution is -0.135. The summed E-state index contributed by atoms with van der Waals surface area (Å²) in [6.07, 6.45) is 6.72. The van der Waals surface area contributed by atoms with Crippen molar-refractivity contribution >= 4 is 46.7 Å². The van der Waals surface area contributed by atoms with Crippen LogP contribution in [0.15, 0.2) is 65.9 Å². The van der Waals surface area contributed by atoms with Crippen LogP contribution in [0.25, 0.3) is 5.57 Å². The first-order chi connectivity index (χ1) is 11.2. The van der Waals surface area contributed by atoms with Gasteiger partial charge in [0.15, 0.2) is 0 Å². The highest BCUT2D eigenvalue weighted by molar-refractivity contribution is 8.14. The Bertz CT molecular complexity index is 701. The second-order valence-corrected chi connectivity index (χ2v) is 5.40. The SMILES string of the molecule is CSC(=Nc1cccnc1)C(=CC(=O)OCS)c1ccccc1. The highest BCUT2D eigenvalue weighted by atomic mass is 32.2. The van der Waals surface area contributed by atoms with Crippen LogP contribution in [0, 0.1) is 0 Å². The van der Waals surface area contributed by atoms with Crippen molar-refractivity contribution in [3.05, 3.63) is 66.5 Å². The molecule has 0 N–H and O–H groups in total. The molecule has 118 valence electrons. The van der Waals surface area contributed by atoms with Gasteiger partial charge in [-0.25, -0.2) is 9.79 Å². The van der Waals surface area contributed by atoms with E-state index in [1.165, 1.54) is 17.8 Å². The van der Waals surface area contributed by atoms with Crippen LogP contribution in [-0.4, -0.2) is 28.2 Å². The Kier molecular flexibility index (Phi) is 6.90. The third kappa shape index (κ3) is 5.26. The lowest BCUT2D eigenvalue weighted by Gasteiger charge is -2.09. The van der Waals surface area contributed by atoms with Crippen molar-refractivity contribution < 1.29 is 9.53 Å². The number of thioether (sulfide) groups is 1. The van der Waals surface area contributed by atoms with E-state index in [-0.39, 0.29) is 5.94 Å². The van der Waals surface area contributed by atoms with Crippen molar-refractivity contribution in [2.75, 3.05) is 12.2 Å². The zero-order valence-electron chi connectivity index (χ0n) is 12.5. The van der Waals surface area contributed by atoms with E-state index in [2.05, 4.69) is 22.6 Å². The number of ether oxygens (including phenoxy) is 1. The summed E-state index contributed by atoms with van der Waals surface area (Å²) in [5.74, 6) is -0.419. The van der Waals surface area contributed by atoms with Crippen molar-refractivity contribution in [3.63, 3.8) is 0 Å². The van der Waals surface area contributed by atoms with Crippen LogP contribution in [0.4, 0.5) is 5.69 Å². The molecule has 0 spiro atoms. The van der Waals surface area contributed by atoms with Crippen molar-refractivity contribution in [2.24, 2.45) is 4.99 Å². The number of hydrogen-bond acceptors (Lipinski definition) is 6. The van der Waals surface area contributed by atoms with Crippen LogP contribution in [0.2, 0.25) is 0 Å². The van der Waals surface area contributed by atoms with E-state index in [0.717, 1.165) is 11.3 Å². The van der Waals surface area contributed by atoms with Crippen LogP contribution in [-0.2, 0) is 9.53 Å². The maximum absolute atomic E-state index is 11.9. The largest absolute Gasteiger partial charge is 0.452 e. The average molecular weight is 344 g/mol. The Morgan fingerprint density at radius 1 is 1.30 bits per heavy atom. The summed E-state index contributed by atoms with van der Waals surface area (Å²) in [7, 11) is 0. The number of carbonyl (C=O) groups is 1. The smallest absolute Gasteiger partial charge is 0.332 e. The molecule has 6 heteroatoms. The first-order valence-electron chi connectivity index (χ1n) is 6.82. The molecule has 1 aromatic carbocycles. The summed E-state index contributed by atoms with van der Waals surface area (Å²) in [5.41, 5.74) is 2.32. The van der Waals surface area contributed by atoms with Gasteiger partial charge in [0.25, 0.3) is 0 Å². The number of aliphatic imine (C=N–C) groups is 1. The average Bonchev–Trinajstić information content (AvgIpc) is 2.60. The molecule has 0 saturated carbocycles. The van der Waals surface area contributed by atoms with Crippen molar-refractivity contribution in [1.29, 1.82) is 0 Å². The van der Waals surface area contributed by atoms with Crippen LogP contribution < -0.4 is 0 Å². The van der Waals surface area contributed by atoms with Gasteiger partial charge in [-0.05, 0) is 24.0 Å². The zero-order valence-corrected chi connectivity index (χ0v) is 14.3. The van der Waals surface area contributed by atoms with E-state index >= 15 is 0 Å². The second kappa shape index (κ2) is 9.17. The molecule has 0 saturated heterocycles. The number of pyridine rings is 1. The molecular formula is C17H16N2O2S2. The summed E-state index contributed by atoms with van der Waals surface area (Å²) in [6.45, 7) is 0. The third-order valence-electron chi connectivity index (χ3n) is 2.85. The topological polar surface area (TPSA) is 51.5 Å². The normalized spacial score (nSPS) is 12.1. The van der Waals surface area contributed by atoms with Gasteiger partial charge in [0.2, 0.25) is 0 Å². The molecule has 0 unspecified atom stereocenters. The molecule has 0 radical (unpaired) electrons. The molecule has 2 rings (SSSR count). The van der Waals surface area contributed by atoms with Crippen LogP contribution in [0.3, 0.4) is 0 Å². The predicted octanol–water partition coefficient (Wildman–Crippen LogP) is 3.99. The predicted molar refractivity (Wildman–Crippen MR) is 99.2 cm³/mol. The number of esters is 1. The van der Waals surface area contributed by atoms with Gasteiger partial charge in [-0.1, -0.05) is 30.3 Å². The summed E-state index contributed by atoms with van der Waals surface area (Å²) < 4.78 is 4.91. The lowest BCUT2D eigenvalue weighted by atomic mass is 10.1. The Labute approximate surface area is 145 Å². The van der Waals surface area contributed by atoms with Gasteiger partial charge in [0.05, 0.1) is 11.9 Å². The van der Waals surface area contributed by atoms with Gasteiger partial charge in [-0.15, -0.1) is 24.4 Å². The fourth-order valence-electron chi connectivity index (χ4n) is 1.86. The Morgan fingerprint density at radius 2 is 2.09 bits per heavy atom. The molecule has 1 aromatic heterocycles. The minimum atomic E-state index is -0.452. The van der Waals surface area contributed by atoms with Gasteiger partial charge in [-0.3, -0.25) is 4.98 Å². The summed E-state index contributed by atoms with van der Waals surface area (Å²) >= 11 is 5.36. The summed E-state index contributed by atoms with van der Waals surface area (Å²) in [6, 6.07) is 13.3. The molecule has 4 nitrogen and oxygen atoms in total. The number of carbonyl (C=O) groups excluding carboxylic acids is 1. The minimum absolute atomic E-state index is 0.0335. The Hall–Kier alpha value is -2.05. The van der Waals surface area contributed by atoms with Gasteiger partial charge >= 0.3 is 5.97 Å². The Morgan fingerprint density at radius 3 is 2.70 bits per heavy atom. The van der Waals surface area contributed by atoms with E-state index in [1.54, 1.807) is 12.4 Å². The molecule has 0 atom stereocenters. The quantitative estimate of drug-likeness (QED) is 0.222. The first kappa shape index (κ1) is 17.3. The maximum Gasteiger partial charge on any atom is 0.332 e. The summed E-state index contributed by atoms with van der Waals surface area (Å²) in [4.78, 5) is 20.5. The molecule has 0 aliphatic rings. The molecule has 0 fully saturated rings. The molecular weight excluding hydrogens is 328 g/mol. The molecule has 0 aliphatic heterocycles. The third-order valence-corrected chi connectivity index (χ3v) is 3.68. The van der Waals surface area contributed by atoms with E-state index < -0.39 is 5.97 Å². The summed E-state index contributed by atoms with van der Waals surface area (Å²) in [5, 5.41) is 0.709.